The van der Waals surface area contributed by atoms with E-state index in [1.807, 2.05) is 0 Å². The van der Waals surface area contributed by atoms with Gasteiger partial charge in [-0.25, -0.2) is 8.42 Å². The molecule has 1 N–H and O–H groups in total. The fraction of sp³-hybridized carbons (Fsp3) is 0.533. The molecule has 1 aromatic rings. The van der Waals surface area contributed by atoms with Gasteiger partial charge < -0.3 is 10.1 Å². The summed E-state index contributed by atoms with van der Waals surface area (Å²) in [5, 5.41) is 4.37. The second kappa shape index (κ2) is 7.43. The van der Waals surface area contributed by atoms with Gasteiger partial charge >= 0.3 is 5.97 Å². The predicted octanol–water partition coefficient (Wildman–Crippen LogP) is 0.948. The summed E-state index contributed by atoms with van der Waals surface area (Å²) >= 11 is 1.30. The summed E-state index contributed by atoms with van der Waals surface area (Å²) in [6, 6.07) is 3.44. The average Bonchev–Trinajstić information content (AvgIpc) is 3.10. The maximum Gasteiger partial charge on any atom is 0.306 e. The SMILES string of the molecule is C[C@@]1(NC(=O)COC(=O)CCC(=O)c2cccs2)CCS(=O)(=O)C1. The van der Waals surface area contributed by atoms with Crippen molar-refractivity contribution in [3.63, 3.8) is 0 Å². The molecule has 1 aliphatic rings. The maximum atomic E-state index is 11.8. The number of Topliss-reactive ketones (excluding diaryl/α,β-unsaturated/α-hetero) is 1. The summed E-state index contributed by atoms with van der Waals surface area (Å²) in [6.07, 6.45) is 0.261. The van der Waals surface area contributed by atoms with Crippen LogP contribution in [0.5, 0.6) is 0 Å². The minimum atomic E-state index is -3.13. The van der Waals surface area contributed by atoms with E-state index in [1.54, 1.807) is 24.4 Å². The molecule has 24 heavy (non-hydrogen) atoms. The number of sulfone groups is 1. The van der Waals surface area contributed by atoms with E-state index >= 15 is 0 Å². The van der Waals surface area contributed by atoms with Crippen molar-refractivity contribution in [3.8, 4) is 0 Å². The van der Waals surface area contributed by atoms with Crippen LogP contribution in [0.1, 0.15) is 35.9 Å². The van der Waals surface area contributed by atoms with Gasteiger partial charge in [-0.3, -0.25) is 14.4 Å². The first-order valence-electron chi connectivity index (χ1n) is 7.43. The second-order valence-corrected chi connectivity index (χ2v) is 9.14. The molecular weight excluding hydrogens is 354 g/mol. The third-order valence-corrected chi connectivity index (χ3v) is 6.47. The lowest BCUT2D eigenvalue weighted by Gasteiger charge is -2.23. The van der Waals surface area contributed by atoms with E-state index in [1.165, 1.54) is 11.3 Å². The highest BCUT2D eigenvalue weighted by Crippen LogP contribution is 2.22. The van der Waals surface area contributed by atoms with Gasteiger partial charge in [0.2, 0.25) is 0 Å². The van der Waals surface area contributed by atoms with Crippen LogP contribution in [0.3, 0.4) is 0 Å². The Morgan fingerprint density at radius 2 is 2.08 bits per heavy atom. The van der Waals surface area contributed by atoms with Crippen LogP contribution in [-0.4, -0.2) is 49.7 Å². The first-order valence-corrected chi connectivity index (χ1v) is 10.1. The fourth-order valence-corrected chi connectivity index (χ4v) is 5.26. The highest BCUT2D eigenvalue weighted by Gasteiger charge is 2.39. The lowest BCUT2D eigenvalue weighted by atomic mass is 10.0. The number of hydrogen-bond donors (Lipinski definition) is 1. The summed E-state index contributed by atoms with van der Waals surface area (Å²) in [7, 11) is -3.13. The summed E-state index contributed by atoms with van der Waals surface area (Å²) in [5.41, 5.74) is -0.822. The zero-order valence-electron chi connectivity index (χ0n) is 13.2. The minimum absolute atomic E-state index is 0.0247. The van der Waals surface area contributed by atoms with Crippen molar-refractivity contribution in [1.29, 1.82) is 0 Å². The monoisotopic (exact) mass is 373 g/mol. The van der Waals surface area contributed by atoms with Crippen molar-refractivity contribution in [3.05, 3.63) is 22.4 Å². The number of ether oxygens (including phenoxy) is 1. The molecule has 0 radical (unpaired) electrons. The number of amides is 1. The Morgan fingerprint density at radius 1 is 1.33 bits per heavy atom. The quantitative estimate of drug-likeness (QED) is 0.563. The van der Waals surface area contributed by atoms with E-state index in [4.69, 9.17) is 4.74 Å². The van der Waals surface area contributed by atoms with Gasteiger partial charge in [-0.1, -0.05) is 6.07 Å². The lowest BCUT2D eigenvalue weighted by Crippen LogP contribution is -2.48. The van der Waals surface area contributed by atoms with Gasteiger partial charge in [0.15, 0.2) is 22.2 Å². The van der Waals surface area contributed by atoms with Gasteiger partial charge in [-0.15, -0.1) is 11.3 Å². The molecule has 7 nitrogen and oxygen atoms in total. The van der Waals surface area contributed by atoms with Gasteiger partial charge in [0.1, 0.15) is 0 Å². The normalized spacial score (nSPS) is 22.0. The van der Waals surface area contributed by atoms with Crippen molar-refractivity contribution in [2.45, 2.75) is 31.7 Å². The molecule has 1 saturated heterocycles. The smallest absolute Gasteiger partial charge is 0.306 e. The van der Waals surface area contributed by atoms with Gasteiger partial charge in [0, 0.05) is 6.42 Å². The van der Waals surface area contributed by atoms with E-state index < -0.39 is 33.9 Å². The molecule has 0 saturated carbocycles. The minimum Gasteiger partial charge on any atom is -0.456 e. The Morgan fingerprint density at radius 3 is 2.67 bits per heavy atom. The highest BCUT2D eigenvalue weighted by atomic mass is 32.2. The third kappa shape index (κ3) is 5.41. The first kappa shape index (κ1) is 18.6. The molecule has 9 heteroatoms. The van der Waals surface area contributed by atoms with Gasteiger partial charge in [-0.2, -0.15) is 0 Å². The van der Waals surface area contributed by atoms with Crippen LogP contribution >= 0.6 is 11.3 Å². The molecule has 0 aromatic carbocycles. The zero-order chi connectivity index (χ0) is 17.8. The van der Waals surface area contributed by atoms with Crippen molar-refractivity contribution < 1.29 is 27.5 Å². The van der Waals surface area contributed by atoms with Crippen molar-refractivity contribution >= 4 is 38.8 Å². The van der Waals surface area contributed by atoms with E-state index in [0.717, 1.165) is 0 Å². The van der Waals surface area contributed by atoms with E-state index in [9.17, 15) is 22.8 Å². The Bertz CT molecular complexity index is 725. The third-order valence-electron chi connectivity index (χ3n) is 3.66. The van der Waals surface area contributed by atoms with E-state index in [0.29, 0.717) is 11.3 Å². The molecule has 0 spiro atoms. The van der Waals surface area contributed by atoms with Crippen molar-refractivity contribution in [1.82, 2.24) is 5.32 Å². The Kier molecular flexibility index (Phi) is 5.76. The molecule has 1 aliphatic heterocycles. The Balaban J connectivity index is 1.70. The van der Waals surface area contributed by atoms with Gasteiger partial charge in [0.05, 0.1) is 28.3 Å². The van der Waals surface area contributed by atoms with Crippen molar-refractivity contribution in [2.75, 3.05) is 18.1 Å². The molecule has 2 heterocycles. The Hall–Kier alpha value is -1.74. The predicted molar refractivity (Wildman–Crippen MR) is 88.7 cm³/mol. The number of thiophene rings is 1. The molecule has 1 aromatic heterocycles. The average molecular weight is 373 g/mol. The van der Waals surface area contributed by atoms with Gasteiger partial charge in [0.25, 0.3) is 5.91 Å². The molecular formula is C15H19NO6S2. The van der Waals surface area contributed by atoms with Crippen LogP contribution in [-0.2, 0) is 24.2 Å². The summed E-state index contributed by atoms with van der Waals surface area (Å²) in [5.74, 6) is -1.41. The lowest BCUT2D eigenvalue weighted by molar-refractivity contribution is -0.148. The number of ketones is 1. The van der Waals surface area contributed by atoms with Crippen LogP contribution < -0.4 is 5.32 Å². The fourth-order valence-electron chi connectivity index (χ4n) is 2.48. The van der Waals surface area contributed by atoms with Crippen LogP contribution in [0.2, 0.25) is 0 Å². The second-order valence-electron chi connectivity index (χ2n) is 6.01. The molecule has 0 aliphatic carbocycles. The van der Waals surface area contributed by atoms with Crippen LogP contribution in [0, 0.1) is 0 Å². The highest BCUT2D eigenvalue weighted by molar-refractivity contribution is 7.91. The number of carbonyl (C=O) groups is 3. The van der Waals surface area contributed by atoms with Gasteiger partial charge in [-0.05, 0) is 24.8 Å². The standard InChI is InChI=1S/C15H19NO6S2/c1-15(6-8-24(20,21)10-15)16-13(18)9-22-14(19)5-4-11(17)12-3-2-7-23-12/h2-3,7H,4-6,8-10H2,1H3,(H,16,18)/t15-/m1/s1. The number of carbonyl (C=O) groups excluding carboxylic acids is 3. The molecule has 132 valence electrons. The van der Waals surface area contributed by atoms with Crippen LogP contribution in [0.4, 0.5) is 0 Å². The number of esters is 1. The molecule has 1 atom stereocenters. The van der Waals surface area contributed by atoms with E-state index in [2.05, 4.69) is 5.32 Å². The number of hydrogen-bond acceptors (Lipinski definition) is 7. The Labute approximate surface area is 144 Å². The molecule has 1 fully saturated rings. The van der Waals surface area contributed by atoms with E-state index in [-0.39, 0.29) is 30.1 Å². The topological polar surface area (TPSA) is 107 Å². The number of rotatable bonds is 7. The first-order chi connectivity index (χ1) is 11.2. The number of nitrogens with one attached hydrogen (secondary N) is 1. The maximum absolute atomic E-state index is 11.8. The molecule has 0 unspecified atom stereocenters. The molecule has 1 amide bonds. The van der Waals surface area contributed by atoms with Crippen LogP contribution in [0.15, 0.2) is 17.5 Å². The molecule has 2 rings (SSSR count). The van der Waals surface area contributed by atoms with Crippen LogP contribution in [0.25, 0.3) is 0 Å². The largest absolute Gasteiger partial charge is 0.456 e. The summed E-state index contributed by atoms with van der Waals surface area (Å²) in [4.78, 5) is 35.7. The molecule has 0 bridgehead atoms. The van der Waals surface area contributed by atoms with Crippen molar-refractivity contribution in [2.24, 2.45) is 0 Å². The zero-order valence-corrected chi connectivity index (χ0v) is 14.9. The summed E-state index contributed by atoms with van der Waals surface area (Å²) in [6.45, 7) is 1.17. The summed E-state index contributed by atoms with van der Waals surface area (Å²) < 4.78 is 27.8.